The molecule has 5 heteroatoms. The van der Waals surface area contributed by atoms with Gasteiger partial charge in [0.05, 0.1) is 12.5 Å². The molecule has 0 spiro atoms. The molecule has 0 saturated carbocycles. The van der Waals surface area contributed by atoms with Crippen LogP contribution >= 0.6 is 0 Å². The largest absolute Gasteiger partial charge is 0.492 e. The van der Waals surface area contributed by atoms with Gasteiger partial charge in [0.25, 0.3) is 0 Å². The molecule has 0 N–H and O–H groups in total. The van der Waals surface area contributed by atoms with Crippen LogP contribution in [0.3, 0.4) is 0 Å². The zero-order valence-electron chi connectivity index (χ0n) is 15.5. The highest BCUT2D eigenvalue weighted by molar-refractivity contribution is 5.70. The van der Waals surface area contributed by atoms with Crippen LogP contribution in [0.5, 0.6) is 5.75 Å². The lowest BCUT2D eigenvalue weighted by atomic mass is 10.1. The number of rotatable bonds is 8. The first kappa shape index (κ1) is 19.4. The minimum absolute atomic E-state index is 0.0429. The molecule has 0 bridgehead atoms. The molecule has 1 fully saturated rings. The molecule has 0 aromatic heterocycles. The first-order chi connectivity index (χ1) is 13.2. The van der Waals surface area contributed by atoms with Crippen molar-refractivity contribution in [2.45, 2.75) is 38.3 Å². The van der Waals surface area contributed by atoms with Crippen LogP contribution in [0.25, 0.3) is 0 Å². The Bertz CT molecular complexity index is 699. The Morgan fingerprint density at radius 2 is 1.70 bits per heavy atom. The molecule has 27 heavy (non-hydrogen) atoms. The zero-order valence-corrected chi connectivity index (χ0v) is 15.5. The van der Waals surface area contributed by atoms with E-state index in [1.807, 2.05) is 30.3 Å². The van der Waals surface area contributed by atoms with E-state index in [-0.39, 0.29) is 30.9 Å². The van der Waals surface area contributed by atoms with Gasteiger partial charge in [-0.05, 0) is 55.8 Å². The van der Waals surface area contributed by atoms with Crippen molar-refractivity contribution in [2.24, 2.45) is 0 Å². The lowest BCUT2D eigenvalue weighted by Crippen LogP contribution is -2.44. The topological polar surface area (TPSA) is 38.8 Å². The van der Waals surface area contributed by atoms with Gasteiger partial charge in [0.15, 0.2) is 0 Å². The predicted molar refractivity (Wildman–Crippen MR) is 102 cm³/mol. The standard InChI is InChI=1S/C22H26FNO3/c23-19-9-11-21(12-10-19)26-17-20(24-13-5-2-6-14-24)15-22(25)27-16-18-7-3-1-4-8-18/h1,3-4,7-12,20H,2,5-6,13-17H2. The highest BCUT2D eigenvalue weighted by atomic mass is 19.1. The molecule has 1 heterocycles. The third kappa shape index (κ3) is 6.36. The second-order valence-corrected chi connectivity index (χ2v) is 6.87. The molecule has 1 aliphatic heterocycles. The quantitative estimate of drug-likeness (QED) is 0.652. The normalized spacial score (nSPS) is 15.9. The fourth-order valence-corrected chi connectivity index (χ4v) is 3.29. The summed E-state index contributed by atoms with van der Waals surface area (Å²) in [6, 6.07) is 15.6. The van der Waals surface area contributed by atoms with Crippen LogP contribution in [0.15, 0.2) is 54.6 Å². The molecular weight excluding hydrogens is 345 g/mol. The van der Waals surface area contributed by atoms with Gasteiger partial charge in [-0.25, -0.2) is 4.39 Å². The van der Waals surface area contributed by atoms with E-state index < -0.39 is 0 Å². The van der Waals surface area contributed by atoms with E-state index in [9.17, 15) is 9.18 Å². The average Bonchev–Trinajstić information content (AvgIpc) is 2.72. The van der Waals surface area contributed by atoms with Crippen LogP contribution in [0.1, 0.15) is 31.2 Å². The number of hydrogen-bond donors (Lipinski definition) is 0. The second-order valence-electron chi connectivity index (χ2n) is 6.87. The Balaban J connectivity index is 1.55. The van der Waals surface area contributed by atoms with Gasteiger partial charge < -0.3 is 9.47 Å². The van der Waals surface area contributed by atoms with E-state index in [0.717, 1.165) is 31.5 Å². The van der Waals surface area contributed by atoms with E-state index in [0.29, 0.717) is 12.4 Å². The lowest BCUT2D eigenvalue weighted by Gasteiger charge is -2.33. The Kier molecular flexibility index (Phi) is 7.22. The summed E-state index contributed by atoms with van der Waals surface area (Å²) < 4.78 is 24.3. The lowest BCUT2D eigenvalue weighted by molar-refractivity contribution is -0.146. The summed E-state index contributed by atoms with van der Waals surface area (Å²) >= 11 is 0. The van der Waals surface area contributed by atoms with Crippen molar-refractivity contribution in [2.75, 3.05) is 19.7 Å². The van der Waals surface area contributed by atoms with Crippen molar-refractivity contribution in [3.63, 3.8) is 0 Å². The molecule has 0 amide bonds. The van der Waals surface area contributed by atoms with Crippen LogP contribution in [0.4, 0.5) is 4.39 Å². The molecule has 1 atom stereocenters. The fraction of sp³-hybridized carbons (Fsp3) is 0.409. The van der Waals surface area contributed by atoms with Gasteiger partial charge >= 0.3 is 5.97 Å². The van der Waals surface area contributed by atoms with Gasteiger partial charge in [-0.1, -0.05) is 36.8 Å². The van der Waals surface area contributed by atoms with E-state index >= 15 is 0 Å². The molecule has 1 saturated heterocycles. The Labute approximate surface area is 159 Å². The molecule has 0 radical (unpaired) electrons. The first-order valence-electron chi connectivity index (χ1n) is 9.53. The van der Waals surface area contributed by atoms with Crippen molar-refractivity contribution in [1.82, 2.24) is 4.90 Å². The van der Waals surface area contributed by atoms with Crippen LogP contribution in [-0.2, 0) is 16.1 Å². The monoisotopic (exact) mass is 371 g/mol. The van der Waals surface area contributed by atoms with Crippen LogP contribution in [0.2, 0.25) is 0 Å². The van der Waals surface area contributed by atoms with Gasteiger partial charge in [0.2, 0.25) is 0 Å². The van der Waals surface area contributed by atoms with Gasteiger partial charge in [-0.2, -0.15) is 0 Å². The second kappa shape index (κ2) is 10.1. The molecule has 2 aromatic rings. The molecule has 3 rings (SSSR count). The Morgan fingerprint density at radius 3 is 2.41 bits per heavy atom. The van der Waals surface area contributed by atoms with E-state index in [1.165, 1.54) is 18.6 Å². The van der Waals surface area contributed by atoms with Crippen molar-refractivity contribution in [3.8, 4) is 5.75 Å². The molecule has 1 unspecified atom stereocenters. The number of ether oxygens (including phenoxy) is 2. The van der Waals surface area contributed by atoms with Crippen molar-refractivity contribution in [1.29, 1.82) is 0 Å². The van der Waals surface area contributed by atoms with Gasteiger partial charge in [0, 0.05) is 0 Å². The Morgan fingerprint density at radius 1 is 1.00 bits per heavy atom. The highest BCUT2D eigenvalue weighted by Crippen LogP contribution is 2.18. The third-order valence-electron chi connectivity index (χ3n) is 4.81. The minimum atomic E-state index is -0.292. The summed E-state index contributed by atoms with van der Waals surface area (Å²) in [4.78, 5) is 14.7. The SMILES string of the molecule is O=C(CC(COc1ccc(F)cc1)N1CCCCC1)OCc1ccccc1. The maximum absolute atomic E-state index is 13.0. The average molecular weight is 371 g/mol. The summed E-state index contributed by atoms with van der Waals surface area (Å²) in [6.07, 6.45) is 3.77. The van der Waals surface area contributed by atoms with Crippen molar-refractivity contribution in [3.05, 3.63) is 66.0 Å². The number of esters is 1. The first-order valence-corrected chi connectivity index (χ1v) is 9.53. The van der Waals surface area contributed by atoms with Crippen LogP contribution < -0.4 is 4.74 Å². The van der Waals surface area contributed by atoms with Crippen LogP contribution in [0, 0.1) is 5.82 Å². The maximum Gasteiger partial charge on any atom is 0.307 e. The number of benzene rings is 2. The molecular formula is C22H26FNO3. The number of nitrogens with zero attached hydrogens (tertiary/aromatic N) is 1. The number of piperidine rings is 1. The Hall–Kier alpha value is -2.40. The van der Waals surface area contributed by atoms with Gasteiger partial charge in [0.1, 0.15) is 24.8 Å². The van der Waals surface area contributed by atoms with Crippen LogP contribution in [-0.4, -0.2) is 36.6 Å². The number of hydrogen-bond acceptors (Lipinski definition) is 4. The smallest absolute Gasteiger partial charge is 0.307 e. The summed E-state index contributed by atoms with van der Waals surface area (Å²) in [5, 5.41) is 0. The van der Waals surface area contributed by atoms with Crippen molar-refractivity contribution >= 4 is 5.97 Å². The molecule has 144 valence electrons. The summed E-state index contributed by atoms with van der Waals surface area (Å²) in [6.45, 7) is 2.59. The van der Waals surface area contributed by atoms with E-state index in [2.05, 4.69) is 4.90 Å². The summed E-state index contributed by atoms with van der Waals surface area (Å²) in [5.74, 6) is 0.0904. The highest BCUT2D eigenvalue weighted by Gasteiger charge is 2.24. The van der Waals surface area contributed by atoms with E-state index in [1.54, 1.807) is 12.1 Å². The molecule has 4 nitrogen and oxygen atoms in total. The minimum Gasteiger partial charge on any atom is -0.492 e. The number of carbonyl (C=O) groups is 1. The summed E-state index contributed by atoms with van der Waals surface area (Å²) in [7, 11) is 0. The molecule has 1 aliphatic rings. The zero-order chi connectivity index (χ0) is 18.9. The summed E-state index contributed by atoms with van der Waals surface area (Å²) in [5.41, 5.74) is 0.975. The third-order valence-corrected chi connectivity index (χ3v) is 4.81. The molecule has 2 aromatic carbocycles. The van der Waals surface area contributed by atoms with Crippen molar-refractivity contribution < 1.29 is 18.7 Å². The van der Waals surface area contributed by atoms with Gasteiger partial charge in [-0.15, -0.1) is 0 Å². The van der Waals surface area contributed by atoms with E-state index in [4.69, 9.17) is 9.47 Å². The number of halogens is 1. The number of likely N-dealkylation sites (tertiary alicyclic amines) is 1. The molecule has 0 aliphatic carbocycles. The maximum atomic E-state index is 13.0. The predicted octanol–water partition coefficient (Wildman–Crippen LogP) is 4.19. The number of carbonyl (C=O) groups excluding carboxylic acids is 1. The fourth-order valence-electron chi connectivity index (χ4n) is 3.29. The van der Waals surface area contributed by atoms with Gasteiger partial charge in [-0.3, -0.25) is 9.69 Å².